The summed E-state index contributed by atoms with van der Waals surface area (Å²) in [7, 11) is 0. The number of aldehydes is 1. The average molecular weight is 201 g/mol. The highest BCUT2D eigenvalue weighted by atomic mass is 16.3. The highest BCUT2D eigenvalue weighted by Gasteiger charge is 2.10. The number of aromatic nitrogens is 1. The number of aliphatic hydroxyl groups excluding tert-OH is 1. The zero-order chi connectivity index (χ0) is 10.7. The third kappa shape index (κ3) is 1.87. The summed E-state index contributed by atoms with van der Waals surface area (Å²) in [6.07, 6.45) is 1.75. The maximum atomic E-state index is 10.3. The van der Waals surface area contributed by atoms with Crippen LogP contribution in [0.4, 0.5) is 0 Å². The van der Waals surface area contributed by atoms with Crippen molar-refractivity contribution in [2.75, 3.05) is 0 Å². The van der Waals surface area contributed by atoms with Crippen molar-refractivity contribution in [3.05, 3.63) is 42.1 Å². The van der Waals surface area contributed by atoms with Crippen molar-refractivity contribution in [3.8, 4) is 0 Å². The highest BCUT2D eigenvalue weighted by Crippen LogP contribution is 2.23. The first-order valence-corrected chi connectivity index (χ1v) is 4.78. The number of benzene rings is 1. The summed E-state index contributed by atoms with van der Waals surface area (Å²) in [5.41, 5.74) is 1.59. The molecule has 0 radical (unpaired) electrons. The van der Waals surface area contributed by atoms with Gasteiger partial charge >= 0.3 is 0 Å². The number of nitrogens with zero attached hydrogens (tertiary/aromatic N) is 1. The lowest BCUT2D eigenvalue weighted by Crippen LogP contribution is -1.99. The van der Waals surface area contributed by atoms with Crippen LogP contribution >= 0.6 is 0 Å². The minimum atomic E-state index is -0.740. The zero-order valence-corrected chi connectivity index (χ0v) is 8.13. The van der Waals surface area contributed by atoms with Crippen LogP contribution in [-0.2, 0) is 4.79 Å². The number of carbonyl (C=O) groups excluding carboxylic acids is 1. The number of fused-ring (bicyclic) bond motifs is 1. The van der Waals surface area contributed by atoms with Crippen molar-refractivity contribution < 1.29 is 9.90 Å². The Kier molecular flexibility index (Phi) is 2.74. The van der Waals surface area contributed by atoms with Crippen LogP contribution in [0.2, 0.25) is 0 Å². The monoisotopic (exact) mass is 201 g/mol. The van der Waals surface area contributed by atoms with E-state index in [0.717, 1.165) is 22.8 Å². The second kappa shape index (κ2) is 4.19. The number of hydrogen-bond donors (Lipinski definition) is 1. The van der Waals surface area contributed by atoms with E-state index in [1.807, 2.05) is 24.3 Å². The predicted molar refractivity (Wildman–Crippen MR) is 57.4 cm³/mol. The molecule has 0 saturated carbocycles. The van der Waals surface area contributed by atoms with Gasteiger partial charge in [-0.3, -0.25) is 4.98 Å². The van der Waals surface area contributed by atoms with Crippen LogP contribution in [0.5, 0.6) is 0 Å². The standard InChI is InChI=1S/C12H11NO2/c14-8-6-12(15)10-5-7-13-11-4-2-1-3-9(10)11/h1-5,7-8,12,15H,6H2. The van der Waals surface area contributed by atoms with Crippen LogP contribution in [-0.4, -0.2) is 16.4 Å². The van der Waals surface area contributed by atoms with E-state index in [-0.39, 0.29) is 6.42 Å². The summed E-state index contributed by atoms with van der Waals surface area (Å²) in [6.45, 7) is 0. The minimum absolute atomic E-state index is 0.119. The minimum Gasteiger partial charge on any atom is -0.388 e. The smallest absolute Gasteiger partial charge is 0.122 e. The van der Waals surface area contributed by atoms with Crippen molar-refractivity contribution >= 4 is 17.2 Å². The molecule has 3 nitrogen and oxygen atoms in total. The molecule has 0 aliphatic heterocycles. The summed E-state index contributed by atoms with van der Waals surface area (Å²) < 4.78 is 0. The van der Waals surface area contributed by atoms with Gasteiger partial charge in [0.1, 0.15) is 6.29 Å². The summed E-state index contributed by atoms with van der Waals surface area (Å²) >= 11 is 0. The molecule has 1 atom stereocenters. The molecule has 15 heavy (non-hydrogen) atoms. The summed E-state index contributed by atoms with van der Waals surface area (Å²) in [4.78, 5) is 14.5. The zero-order valence-electron chi connectivity index (χ0n) is 8.13. The second-order valence-electron chi connectivity index (χ2n) is 3.34. The lowest BCUT2D eigenvalue weighted by atomic mass is 10.0. The molecular formula is C12H11NO2. The number of aliphatic hydroxyl groups is 1. The van der Waals surface area contributed by atoms with E-state index >= 15 is 0 Å². The van der Waals surface area contributed by atoms with Crippen molar-refractivity contribution in [1.29, 1.82) is 0 Å². The van der Waals surface area contributed by atoms with E-state index in [0.29, 0.717) is 0 Å². The van der Waals surface area contributed by atoms with Crippen LogP contribution in [0.3, 0.4) is 0 Å². The molecule has 1 heterocycles. The molecule has 2 aromatic rings. The molecule has 1 aromatic carbocycles. The predicted octanol–water partition coefficient (Wildman–Crippen LogP) is 1.86. The summed E-state index contributed by atoms with van der Waals surface area (Å²) in [6, 6.07) is 9.31. The molecule has 0 bridgehead atoms. The first kappa shape index (κ1) is 9.80. The molecule has 76 valence electrons. The lowest BCUT2D eigenvalue weighted by Gasteiger charge is -2.10. The van der Waals surface area contributed by atoms with Gasteiger partial charge in [-0.15, -0.1) is 0 Å². The quantitative estimate of drug-likeness (QED) is 0.771. The average Bonchev–Trinajstić information content (AvgIpc) is 2.28. The van der Waals surface area contributed by atoms with Gasteiger partial charge in [0, 0.05) is 18.0 Å². The molecular weight excluding hydrogens is 190 g/mol. The summed E-state index contributed by atoms with van der Waals surface area (Å²) in [5, 5.41) is 10.7. The molecule has 2 rings (SSSR count). The van der Waals surface area contributed by atoms with E-state index in [1.165, 1.54) is 0 Å². The van der Waals surface area contributed by atoms with E-state index in [2.05, 4.69) is 4.98 Å². The van der Waals surface area contributed by atoms with E-state index in [9.17, 15) is 9.90 Å². The first-order valence-electron chi connectivity index (χ1n) is 4.78. The van der Waals surface area contributed by atoms with Gasteiger partial charge < -0.3 is 9.90 Å². The van der Waals surface area contributed by atoms with Crippen LogP contribution in [0, 0.1) is 0 Å². The normalized spacial score (nSPS) is 12.6. The Morgan fingerprint density at radius 2 is 2.13 bits per heavy atom. The van der Waals surface area contributed by atoms with Gasteiger partial charge in [-0.25, -0.2) is 0 Å². The molecule has 1 N–H and O–H groups in total. The number of hydrogen-bond acceptors (Lipinski definition) is 3. The molecule has 3 heteroatoms. The van der Waals surface area contributed by atoms with Crippen molar-refractivity contribution in [2.24, 2.45) is 0 Å². The van der Waals surface area contributed by atoms with Gasteiger partial charge in [0.15, 0.2) is 0 Å². The Balaban J connectivity index is 2.55. The maximum absolute atomic E-state index is 10.3. The molecule has 1 unspecified atom stereocenters. The Labute approximate surface area is 87.4 Å². The first-order chi connectivity index (χ1) is 7.33. The Morgan fingerprint density at radius 3 is 2.93 bits per heavy atom. The van der Waals surface area contributed by atoms with Gasteiger partial charge in [0.25, 0.3) is 0 Å². The number of carbonyl (C=O) groups is 1. The number of rotatable bonds is 3. The largest absolute Gasteiger partial charge is 0.388 e. The number of para-hydroxylation sites is 1. The van der Waals surface area contributed by atoms with E-state index in [4.69, 9.17) is 0 Å². The fraction of sp³-hybridized carbons (Fsp3) is 0.167. The third-order valence-electron chi connectivity index (χ3n) is 2.36. The Morgan fingerprint density at radius 1 is 1.33 bits per heavy atom. The van der Waals surface area contributed by atoms with Crippen molar-refractivity contribution in [2.45, 2.75) is 12.5 Å². The molecule has 0 fully saturated rings. The topological polar surface area (TPSA) is 50.2 Å². The maximum Gasteiger partial charge on any atom is 0.122 e. The molecule has 0 aliphatic rings. The van der Waals surface area contributed by atoms with Crippen LogP contribution in [0.25, 0.3) is 10.9 Å². The second-order valence-corrected chi connectivity index (χ2v) is 3.34. The van der Waals surface area contributed by atoms with Crippen molar-refractivity contribution in [1.82, 2.24) is 4.98 Å². The molecule has 0 spiro atoms. The van der Waals surface area contributed by atoms with Crippen LogP contribution in [0.1, 0.15) is 18.1 Å². The van der Waals surface area contributed by atoms with E-state index < -0.39 is 6.10 Å². The summed E-state index contributed by atoms with van der Waals surface area (Å²) in [5.74, 6) is 0. The molecule has 0 saturated heterocycles. The van der Waals surface area contributed by atoms with Gasteiger partial charge in [-0.1, -0.05) is 18.2 Å². The highest BCUT2D eigenvalue weighted by molar-refractivity contribution is 5.82. The third-order valence-corrected chi connectivity index (χ3v) is 2.36. The Hall–Kier alpha value is -1.74. The van der Waals surface area contributed by atoms with Gasteiger partial charge in [0.05, 0.1) is 11.6 Å². The fourth-order valence-corrected chi connectivity index (χ4v) is 1.63. The molecule has 1 aromatic heterocycles. The van der Waals surface area contributed by atoms with Gasteiger partial charge in [0.2, 0.25) is 0 Å². The van der Waals surface area contributed by atoms with Crippen LogP contribution in [0.15, 0.2) is 36.5 Å². The van der Waals surface area contributed by atoms with E-state index in [1.54, 1.807) is 12.3 Å². The number of pyridine rings is 1. The molecule has 0 amide bonds. The van der Waals surface area contributed by atoms with Gasteiger partial charge in [-0.05, 0) is 17.7 Å². The lowest BCUT2D eigenvalue weighted by molar-refractivity contribution is -0.109. The van der Waals surface area contributed by atoms with Crippen LogP contribution < -0.4 is 0 Å². The Bertz CT molecular complexity index is 477. The van der Waals surface area contributed by atoms with Crippen molar-refractivity contribution in [3.63, 3.8) is 0 Å². The van der Waals surface area contributed by atoms with Gasteiger partial charge in [-0.2, -0.15) is 0 Å². The molecule has 0 aliphatic carbocycles. The fourth-order valence-electron chi connectivity index (χ4n) is 1.63. The SMILES string of the molecule is O=CCC(O)c1ccnc2ccccc12.